The summed E-state index contributed by atoms with van der Waals surface area (Å²) in [5, 5.41) is 6.56. The predicted molar refractivity (Wildman–Crippen MR) is 65.4 cm³/mol. The molecule has 1 rings (SSSR count). The zero-order valence-corrected chi connectivity index (χ0v) is 10.5. The number of hydrogen-bond donors (Lipinski definition) is 2. The monoisotopic (exact) mass is 252 g/mol. The minimum Gasteiger partial charge on any atom is -0.351 e. The number of rotatable bonds is 4. The number of hydrogen-bond acceptors (Lipinski definition) is 2. The molecule has 1 aliphatic rings. The first-order valence-corrected chi connectivity index (χ1v) is 5.37. The molecule has 0 saturated carbocycles. The predicted octanol–water partition coefficient (Wildman–Crippen LogP) is 1.66. The first kappa shape index (κ1) is 14.8. The average molecular weight is 253 g/mol. The molecule has 88 valence electrons. The third kappa shape index (κ3) is 4.41. The van der Waals surface area contributed by atoms with Crippen LogP contribution in [0.3, 0.4) is 0 Å². The lowest BCUT2D eigenvalue weighted by atomic mass is 9.98. The minimum absolute atomic E-state index is 0. The SMILES string of the molecule is C=C(Cl)CNC(=O)C1CCNC1CC.Cl. The van der Waals surface area contributed by atoms with E-state index < -0.39 is 0 Å². The van der Waals surface area contributed by atoms with Gasteiger partial charge in [0.1, 0.15) is 0 Å². The number of amides is 1. The van der Waals surface area contributed by atoms with Crippen molar-refractivity contribution in [2.75, 3.05) is 13.1 Å². The Morgan fingerprint density at radius 2 is 2.33 bits per heavy atom. The summed E-state index contributed by atoms with van der Waals surface area (Å²) in [6.07, 6.45) is 1.90. The van der Waals surface area contributed by atoms with Gasteiger partial charge in [-0.15, -0.1) is 12.4 Å². The maximum Gasteiger partial charge on any atom is 0.225 e. The molecule has 0 aromatic rings. The standard InChI is InChI=1S/C10H17ClN2O.ClH/c1-3-9-8(4-5-12-9)10(14)13-6-7(2)11;/h8-9,12H,2-6H2,1H3,(H,13,14);1H. The fourth-order valence-corrected chi connectivity index (χ4v) is 1.89. The van der Waals surface area contributed by atoms with Crippen molar-refractivity contribution in [3.63, 3.8) is 0 Å². The first-order chi connectivity index (χ1) is 6.65. The summed E-state index contributed by atoms with van der Waals surface area (Å²) < 4.78 is 0. The maximum absolute atomic E-state index is 11.7. The maximum atomic E-state index is 11.7. The Morgan fingerprint density at radius 3 is 2.87 bits per heavy atom. The largest absolute Gasteiger partial charge is 0.351 e. The normalized spacial score (nSPS) is 24.4. The number of carbonyl (C=O) groups excluding carboxylic acids is 1. The summed E-state index contributed by atoms with van der Waals surface area (Å²) >= 11 is 5.57. The highest BCUT2D eigenvalue weighted by Crippen LogP contribution is 2.18. The van der Waals surface area contributed by atoms with E-state index in [-0.39, 0.29) is 24.2 Å². The van der Waals surface area contributed by atoms with E-state index in [9.17, 15) is 4.79 Å². The lowest BCUT2D eigenvalue weighted by Gasteiger charge is -2.17. The van der Waals surface area contributed by atoms with E-state index in [0.717, 1.165) is 19.4 Å². The van der Waals surface area contributed by atoms with Gasteiger partial charge in [0.2, 0.25) is 5.91 Å². The first-order valence-electron chi connectivity index (χ1n) is 4.99. The summed E-state index contributed by atoms with van der Waals surface area (Å²) in [6.45, 7) is 6.91. The van der Waals surface area contributed by atoms with Crippen molar-refractivity contribution in [2.24, 2.45) is 5.92 Å². The van der Waals surface area contributed by atoms with Crippen LogP contribution < -0.4 is 10.6 Å². The van der Waals surface area contributed by atoms with Gasteiger partial charge in [0, 0.05) is 11.1 Å². The van der Waals surface area contributed by atoms with Crippen LogP contribution in [0.1, 0.15) is 19.8 Å². The second kappa shape index (κ2) is 7.09. The number of nitrogens with one attached hydrogen (secondary N) is 2. The molecule has 15 heavy (non-hydrogen) atoms. The highest BCUT2D eigenvalue weighted by Gasteiger charge is 2.30. The Balaban J connectivity index is 0.00000196. The molecular weight excluding hydrogens is 235 g/mol. The lowest BCUT2D eigenvalue weighted by molar-refractivity contribution is -0.125. The van der Waals surface area contributed by atoms with Crippen molar-refractivity contribution in [2.45, 2.75) is 25.8 Å². The van der Waals surface area contributed by atoms with Crippen LogP contribution in [0.15, 0.2) is 11.6 Å². The molecule has 1 fully saturated rings. The van der Waals surface area contributed by atoms with Gasteiger partial charge in [0.05, 0.1) is 12.5 Å². The highest BCUT2D eigenvalue weighted by molar-refractivity contribution is 6.29. The molecule has 0 spiro atoms. The Kier molecular flexibility index (Phi) is 6.98. The second-order valence-electron chi connectivity index (χ2n) is 3.60. The van der Waals surface area contributed by atoms with Crippen LogP contribution in [-0.4, -0.2) is 25.0 Å². The van der Waals surface area contributed by atoms with Gasteiger partial charge in [-0.3, -0.25) is 4.79 Å². The van der Waals surface area contributed by atoms with Crippen molar-refractivity contribution in [3.05, 3.63) is 11.6 Å². The average Bonchev–Trinajstić information content (AvgIpc) is 2.61. The van der Waals surface area contributed by atoms with Crippen LogP contribution in [0, 0.1) is 5.92 Å². The van der Waals surface area contributed by atoms with Crippen LogP contribution in [0.25, 0.3) is 0 Å². The number of carbonyl (C=O) groups is 1. The van der Waals surface area contributed by atoms with Gasteiger partial charge in [0.15, 0.2) is 0 Å². The molecule has 3 nitrogen and oxygen atoms in total. The molecule has 0 aromatic heterocycles. The molecule has 0 aliphatic carbocycles. The molecule has 1 heterocycles. The Hall–Kier alpha value is -0.250. The number of halogens is 2. The molecule has 0 radical (unpaired) electrons. The Labute approximate surface area is 102 Å². The van der Waals surface area contributed by atoms with E-state index in [4.69, 9.17) is 11.6 Å². The molecule has 0 aromatic carbocycles. The van der Waals surface area contributed by atoms with Crippen molar-refractivity contribution in [3.8, 4) is 0 Å². The Bertz CT molecular complexity index is 233. The van der Waals surface area contributed by atoms with Gasteiger partial charge < -0.3 is 10.6 Å². The fraction of sp³-hybridized carbons (Fsp3) is 0.700. The van der Waals surface area contributed by atoms with E-state index >= 15 is 0 Å². The molecule has 5 heteroatoms. The molecule has 1 saturated heterocycles. The van der Waals surface area contributed by atoms with E-state index in [2.05, 4.69) is 24.1 Å². The Morgan fingerprint density at radius 1 is 1.67 bits per heavy atom. The topological polar surface area (TPSA) is 41.1 Å². The molecule has 2 unspecified atom stereocenters. The quantitative estimate of drug-likeness (QED) is 0.800. The van der Waals surface area contributed by atoms with E-state index in [1.807, 2.05) is 0 Å². The lowest BCUT2D eigenvalue weighted by Crippen LogP contribution is -2.38. The van der Waals surface area contributed by atoms with Crippen molar-refractivity contribution in [1.29, 1.82) is 0 Å². The molecule has 1 amide bonds. The van der Waals surface area contributed by atoms with Gasteiger partial charge in [-0.2, -0.15) is 0 Å². The van der Waals surface area contributed by atoms with Crippen LogP contribution >= 0.6 is 24.0 Å². The third-order valence-corrected chi connectivity index (χ3v) is 2.71. The van der Waals surface area contributed by atoms with Crippen LogP contribution in [-0.2, 0) is 4.79 Å². The van der Waals surface area contributed by atoms with Gasteiger partial charge in [-0.25, -0.2) is 0 Å². The molecular formula is C10H18Cl2N2O. The van der Waals surface area contributed by atoms with E-state index in [0.29, 0.717) is 17.6 Å². The summed E-state index contributed by atoms with van der Waals surface area (Å²) in [7, 11) is 0. The van der Waals surface area contributed by atoms with Gasteiger partial charge in [-0.1, -0.05) is 25.1 Å². The molecule has 0 bridgehead atoms. The van der Waals surface area contributed by atoms with Gasteiger partial charge in [-0.05, 0) is 19.4 Å². The van der Waals surface area contributed by atoms with E-state index in [1.54, 1.807) is 0 Å². The second-order valence-corrected chi connectivity index (χ2v) is 4.13. The zero-order valence-electron chi connectivity index (χ0n) is 8.88. The molecule has 1 aliphatic heterocycles. The summed E-state index contributed by atoms with van der Waals surface area (Å²) in [4.78, 5) is 11.7. The van der Waals surface area contributed by atoms with Crippen molar-refractivity contribution < 1.29 is 4.79 Å². The minimum atomic E-state index is 0. The summed E-state index contributed by atoms with van der Waals surface area (Å²) in [5.74, 6) is 0.180. The summed E-state index contributed by atoms with van der Waals surface area (Å²) in [6, 6.07) is 0.318. The van der Waals surface area contributed by atoms with Crippen molar-refractivity contribution in [1.82, 2.24) is 10.6 Å². The van der Waals surface area contributed by atoms with E-state index in [1.165, 1.54) is 0 Å². The molecule has 2 N–H and O–H groups in total. The third-order valence-electron chi connectivity index (χ3n) is 2.58. The van der Waals surface area contributed by atoms with Crippen LogP contribution in [0.4, 0.5) is 0 Å². The van der Waals surface area contributed by atoms with Gasteiger partial charge in [0.25, 0.3) is 0 Å². The smallest absolute Gasteiger partial charge is 0.225 e. The van der Waals surface area contributed by atoms with Crippen LogP contribution in [0.5, 0.6) is 0 Å². The highest BCUT2D eigenvalue weighted by atomic mass is 35.5. The molecule has 2 atom stereocenters. The van der Waals surface area contributed by atoms with Crippen molar-refractivity contribution >= 4 is 29.9 Å². The fourth-order valence-electron chi connectivity index (χ4n) is 1.82. The van der Waals surface area contributed by atoms with Gasteiger partial charge >= 0.3 is 0 Å². The van der Waals surface area contributed by atoms with Crippen LogP contribution in [0.2, 0.25) is 0 Å². The zero-order chi connectivity index (χ0) is 10.6. The summed E-state index contributed by atoms with van der Waals surface area (Å²) in [5.41, 5.74) is 0.